The van der Waals surface area contributed by atoms with E-state index >= 15 is 0 Å². The Bertz CT molecular complexity index is 1940. The van der Waals surface area contributed by atoms with Gasteiger partial charge in [-0.25, -0.2) is 0 Å². The van der Waals surface area contributed by atoms with Crippen molar-refractivity contribution in [1.82, 2.24) is 4.98 Å². The molecule has 0 atom stereocenters. The average molecular weight is 677 g/mol. The highest BCUT2D eigenvalue weighted by Crippen LogP contribution is 2.43. The second-order valence-electron chi connectivity index (χ2n) is 8.44. The van der Waals surface area contributed by atoms with Crippen LogP contribution in [0, 0.1) is 0 Å². The summed E-state index contributed by atoms with van der Waals surface area (Å²) in [5.74, 6) is 0.922. The quantitative estimate of drug-likeness (QED) is 0.110. The van der Waals surface area contributed by atoms with Crippen LogP contribution in [0.15, 0.2) is 95.8 Å². The SMILES string of the molecule is I[n+]1cccnc1-c1ccccc1/C=C/c1ccc2oc3cccc4c5ccc[n+](I)c5c1c2c34. The molecule has 3 heterocycles. The van der Waals surface area contributed by atoms with Crippen LogP contribution in [0.3, 0.4) is 0 Å². The van der Waals surface area contributed by atoms with Crippen molar-refractivity contribution in [3.8, 4) is 11.4 Å². The largest absolute Gasteiger partial charge is 0.456 e. The number of pyridine rings is 1. The number of hydrogen-bond acceptors (Lipinski definition) is 2. The standard InChI is InChI=1S/C29H17I2N3O/c30-33-16-4-9-22-21-8-3-10-23-26(21)27-24(35-23)14-13-19(25(27)28(22)33)12-11-18-6-1-2-7-20(18)29-32-15-5-17-34(29)31/h1-17H/q+2/b12-11+. The number of hydrogen-bond donors (Lipinski definition) is 0. The summed E-state index contributed by atoms with van der Waals surface area (Å²) in [6.07, 6.45) is 10.4. The number of rotatable bonds is 3. The van der Waals surface area contributed by atoms with E-state index in [2.05, 4.69) is 139 Å². The van der Waals surface area contributed by atoms with Crippen molar-refractivity contribution in [2.75, 3.05) is 0 Å². The number of aromatic nitrogens is 3. The summed E-state index contributed by atoms with van der Waals surface area (Å²) in [5.41, 5.74) is 6.42. The molecule has 7 aromatic rings. The molecular weight excluding hydrogens is 660 g/mol. The minimum Gasteiger partial charge on any atom is -0.456 e. The molecule has 4 aromatic carbocycles. The topological polar surface area (TPSA) is 33.8 Å². The molecule has 0 spiro atoms. The van der Waals surface area contributed by atoms with Crippen molar-refractivity contribution < 1.29 is 9.98 Å². The first-order chi connectivity index (χ1) is 17.2. The first-order valence-electron chi connectivity index (χ1n) is 11.2. The zero-order valence-corrected chi connectivity index (χ0v) is 22.6. The molecule has 0 fully saturated rings. The summed E-state index contributed by atoms with van der Waals surface area (Å²) in [7, 11) is 0. The van der Waals surface area contributed by atoms with Gasteiger partial charge in [0.1, 0.15) is 23.6 Å². The lowest BCUT2D eigenvalue weighted by atomic mass is 9.93. The molecular formula is C29H17I2N3O+2. The molecule has 7 rings (SSSR count). The Morgan fingerprint density at radius 3 is 2.37 bits per heavy atom. The van der Waals surface area contributed by atoms with Crippen molar-refractivity contribution in [2.45, 2.75) is 0 Å². The maximum Gasteiger partial charge on any atom is 0.354 e. The molecule has 4 nitrogen and oxygen atoms in total. The van der Waals surface area contributed by atoms with Gasteiger partial charge in [0.15, 0.2) is 6.20 Å². The van der Waals surface area contributed by atoms with E-state index in [0.717, 1.165) is 33.7 Å². The predicted octanol–water partition coefficient (Wildman–Crippen LogP) is 7.53. The van der Waals surface area contributed by atoms with Crippen molar-refractivity contribution in [3.05, 3.63) is 103 Å². The monoisotopic (exact) mass is 677 g/mol. The molecule has 0 saturated heterocycles. The molecule has 0 aliphatic carbocycles. The van der Waals surface area contributed by atoms with Gasteiger partial charge >= 0.3 is 28.7 Å². The van der Waals surface area contributed by atoms with Gasteiger partial charge in [-0.2, -0.15) is 2.78 Å². The predicted molar refractivity (Wildman–Crippen MR) is 158 cm³/mol. The highest BCUT2D eigenvalue weighted by Gasteiger charge is 2.23. The van der Waals surface area contributed by atoms with Gasteiger partial charge in [-0.05, 0) is 40.4 Å². The van der Waals surface area contributed by atoms with E-state index in [9.17, 15) is 0 Å². The van der Waals surface area contributed by atoms with Crippen molar-refractivity contribution in [1.29, 1.82) is 0 Å². The smallest absolute Gasteiger partial charge is 0.354 e. The lowest BCUT2D eigenvalue weighted by Gasteiger charge is -2.08. The fraction of sp³-hybridized carbons (Fsp3) is 0. The van der Waals surface area contributed by atoms with Crippen molar-refractivity contribution in [3.63, 3.8) is 0 Å². The molecule has 3 aromatic heterocycles. The third-order valence-corrected chi connectivity index (χ3v) is 8.10. The number of halogens is 2. The molecule has 0 N–H and O–H groups in total. The summed E-state index contributed by atoms with van der Waals surface area (Å²) in [6.45, 7) is 0. The van der Waals surface area contributed by atoms with E-state index in [1.807, 2.05) is 21.2 Å². The van der Waals surface area contributed by atoms with Crippen LogP contribution in [0.1, 0.15) is 11.1 Å². The van der Waals surface area contributed by atoms with E-state index in [4.69, 9.17) is 4.42 Å². The Kier molecular flexibility index (Phi) is 4.99. The maximum atomic E-state index is 6.29. The molecule has 166 valence electrons. The average Bonchev–Trinajstić information content (AvgIpc) is 3.27. The van der Waals surface area contributed by atoms with Crippen molar-refractivity contribution >= 4 is 101 Å². The third kappa shape index (κ3) is 3.26. The second-order valence-corrected chi connectivity index (χ2v) is 10.5. The summed E-state index contributed by atoms with van der Waals surface area (Å²) < 4.78 is 10.5. The number of fused-ring (bicyclic) bond motifs is 3. The minimum atomic E-state index is 0.922. The van der Waals surface area contributed by atoms with Crippen LogP contribution in [0.2, 0.25) is 0 Å². The molecule has 0 amide bonds. The highest BCUT2D eigenvalue weighted by atomic mass is 127. The number of nitrogens with zero attached hydrogens (tertiary/aromatic N) is 3. The van der Waals surface area contributed by atoms with E-state index in [1.54, 1.807) is 0 Å². The van der Waals surface area contributed by atoms with Crippen LogP contribution >= 0.6 is 45.7 Å². The van der Waals surface area contributed by atoms with Crippen molar-refractivity contribution in [2.24, 2.45) is 0 Å². The maximum absolute atomic E-state index is 6.29. The molecule has 35 heavy (non-hydrogen) atoms. The van der Waals surface area contributed by atoms with Gasteiger partial charge in [0, 0.05) is 28.3 Å². The zero-order valence-electron chi connectivity index (χ0n) is 18.3. The third-order valence-electron chi connectivity index (χ3n) is 6.52. The van der Waals surface area contributed by atoms with Gasteiger partial charge in [-0.1, -0.05) is 48.6 Å². The van der Waals surface area contributed by atoms with Crippen LogP contribution in [0.5, 0.6) is 0 Å². The first kappa shape index (κ1) is 21.2. The normalized spacial score (nSPS) is 12.2. The fourth-order valence-corrected chi connectivity index (χ4v) is 6.31. The van der Waals surface area contributed by atoms with E-state index in [-0.39, 0.29) is 0 Å². The molecule has 0 aliphatic rings. The van der Waals surface area contributed by atoms with Crippen LogP contribution < -0.4 is 5.56 Å². The van der Waals surface area contributed by atoms with Crippen LogP contribution in [0.4, 0.5) is 0 Å². The molecule has 0 unspecified atom stereocenters. The van der Waals surface area contributed by atoms with Crippen LogP contribution in [-0.2, 0) is 0 Å². The van der Waals surface area contributed by atoms with Crippen LogP contribution in [-0.4, -0.2) is 4.98 Å². The Morgan fingerprint density at radius 2 is 1.46 bits per heavy atom. The molecule has 6 heteroatoms. The van der Waals surface area contributed by atoms with E-state index in [0.29, 0.717) is 0 Å². The zero-order chi connectivity index (χ0) is 23.5. The molecule has 0 bridgehead atoms. The van der Waals surface area contributed by atoms with Gasteiger partial charge < -0.3 is 4.42 Å². The molecule has 0 aliphatic heterocycles. The lowest BCUT2D eigenvalue weighted by molar-refractivity contribution is -0.431. The Morgan fingerprint density at radius 1 is 0.657 bits per heavy atom. The number of benzene rings is 4. The second kappa shape index (κ2) is 8.23. The van der Waals surface area contributed by atoms with E-state index in [1.165, 1.54) is 32.4 Å². The summed E-state index contributed by atoms with van der Waals surface area (Å²) in [5, 5.41) is 6.04. The summed E-state index contributed by atoms with van der Waals surface area (Å²) in [4.78, 5) is 4.62. The highest BCUT2D eigenvalue weighted by molar-refractivity contribution is 14.1. The Balaban J connectivity index is 1.52. The molecule has 0 saturated carbocycles. The lowest BCUT2D eigenvalue weighted by Crippen LogP contribution is -2.23. The Hall–Kier alpha value is -3.11. The fourth-order valence-electron chi connectivity index (χ4n) is 5.05. The van der Waals surface area contributed by atoms with Gasteiger partial charge in [-0.3, -0.25) is 0 Å². The summed E-state index contributed by atoms with van der Waals surface area (Å²) in [6, 6.07) is 25.2. The number of furan rings is 1. The minimum absolute atomic E-state index is 0.922. The molecule has 0 radical (unpaired) electrons. The van der Waals surface area contributed by atoms with Gasteiger partial charge in [0.25, 0.3) is 0 Å². The van der Waals surface area contributed by atoms with E-state index < -0.39 is 0 Å². The van der Waals surface area contributed by atoms with Gasteiger partial charge in [0.05, 0.1) is 16.3 Å². The Labute approximate surface area is 228 Å². The van der Waals surface area contributed by atoms with Gasteiger partial charge in [-0.15, -0.1) is 2.78 Å². The van der Waals surface area contributed by atoms with Gasteiger partial charge in [0.2, 0.25) is 28.4 Å². The van der Waals surface area contributed by atoms with Crippen LogP contribution in [0.25, 0.3) is 67.2 Å². The first-order valence-corrected chi connectivity index (χ1v) is 13.1. The summed E-state index contributed by atoms with van der Waals surface area (Å²) >= 11 is 4.66.